The Kier molecular flexibility index (Phi) is 3.73. The van der Waals surface area contributed by atoms with Gasteiger partial charge in [-0.15, -0.1) is 0 Å². The summed E-state index contributed by atoms with van der Waals surface area (Å²) in [6, 6.07) is 0. The van der Waals surface area contributed by atoms with Crippen LogP contribution in [0.5, 0.6) is 0 Å². The predicted octanol–water partition coefficient (Wildman–Crippen LogP) is 0.539. The summed E-state index contributed by atoms with van der Waals surface area (Å²) in [4.78, 5) is 16.7. The lowest BCUT2D eigenvalue weighted by atomic mass is 10.0. The normalized spacial score (nSPS) is 27.5. The zero-order valence-electron chi connectivity index (χ0n) is 11.3. The van der Waals surface area contributed by atoms with Gasteiger partial charge in [-0.25, -0.2) is 0 Å². The fourth-order valence-corrected chi connectivity index (χ4v) is 2.72. The molecule has 2 aliphatic rings. The molecule has 0 saturated carbocycles. The number of carbonyl (C=O) groups excluding carboxylic acids is 1. The van der Waals surface area contributed by atoms with Crippen LogP contribution in [0.25, 0.3) is 0 Å². The molecule has 4 nitrogen and oxygen atoms in total. The minimum absolute atomic E-state index is 0.226. The predicted molar refractivity (Wildman–Crippen MR) is 68.9 cm³/mol. The van der Waals surface area contributed by atoms with Crippen LogP contribution in [0, 0.1) is 5.92 Å². The van der Waals surface area contributed by atoms with E-state index in [2.05, 4.69) is 35.9 Å². The molecule has 17 heavy (non-hydrogen) atoms. The molecule has 0 aromatic heterocycles. The largest absolute Gasteiger partial charge is 0.340 e. The quantitative estimate of drug-likeness (QED) is 0.725. The highest BCUT2D eigenvalue weighted by atomic mass is 16.2. The molecular weight excluding hydrogens is 214 g/mol. The Morgan fingerprint density at radius 3 is 2.29 bits per heavy atom. The minimum Gasteiger partial charge on any atom is -0.340 e. The van der Waals surface area contributed by atoms with Gasteiger partial charge in [0.2, 0.25) is 5.91 Å². The van der Waals surface area contributed by atoms with Gasteiger partial charge in [-0.3, -0.25) is 9.69 Å². The summed E-state index contributed by atoms with van der Waals surface area (Å²) in [5.74, 6) is 0.597. The zero-order chi connectivity index (χ0) is 12.5. The number of rotatable bonds is 1. The summed E-state index contributed by atoms with van der Waals surface area (Å²) < 4.78 is 0. The van der Waals surface area contributed by atoms with Crippen molar-refractivity contribution < 1.29 is 4.79 Å². The summed E-state index contributed by atoms with van der Waals surface area (Å²) >= 11 is 0. The third-order valence-electron chi connectivity index (χ3n) is 3.95. The van der Waals surface area contributed by atoms with Crippen LogP contribution in [0.3, 0.4) is 0 Å². The van der Waals surface area contributed by atoms with Crippen molar-refractivity contribution in [3.8, 4) is 0 Å². The SMILES string of the molecule is CC(C)(C)N1CCN(C(=O)[C@@H]2CCNC2)CC1. The van der Waals surface area contributed by atoms with Crippen molar-refractivity contribution >= 4 is 5.91 Å². The average Bonchev–Trinajstić information content (AvgIpc) is 2.80. The minimum atomic E-state index is 0.226. The molecule has 4 heteroatoms. The Balaban J connectivity index is 1.84. The number of hydrogen-bond donors (Lipinski definition) is 1. The molecule has 0 bridgehead atoms. The molecule has 2 heterocycles. The smallest absolute Gasteiger partial charge is 0.227 e. The maximum atomic E-state index is 12.2. The van der Waals surface area contributed by atoms with Gasteiger partial charge in [-0.05, 0) is 33.7 Å². The monoisotopic (exact) mass is 239 g/mol. The molecule has 1 atom stereocenters. The van der Waals surface area contributed by atoms with E-state index in [4.69, 9.17) is 0 Å². The van der Waals surface area contributed by atoms with E-state index >= 15 is 0 Å². The fourth-order valence-electron chi connectivity index (χ4n) is 2.72. The van der Waals surface area contributed by atoms with Gasteiger partial charge in [0.1, 0.15) is 0 Å². The lowest BCUT2D eigenvalue weighted by Gasteiger charge is -2.42. The highest BCUT2D eigenvalue weighted by molar-refractivity contribution is 5.79. The van der Waals surface area contributed by atoms with Crippen LogP contribution in [0.1, 0.15) is 27.2 Å². The van der Waals surface area contributed by atoms with Crippen molar-refractivity contribution in [2.45, 2.75) is 32.7 Å². The molecular formula is C13H25N3O. The first-order chi connectivity index (χ1) is 7.98. The fraction of sp³-hybridized carbons (Fsp3) is 0.923. The van der Waals surface area contributed by atoms with E-state index in [1.165, 1.54) is 0 Å². The standard InChI is InChI=1S/C13H25N3O/c1-13(2,3)16-8-6-15(7-9-16)12(17)11-4-5-14-10-11/h11,14H,4-10H2,1-3H3/t11-/m1/s1. The Bertz CT molecular complexity index is 271. The van der Waals surface area contributed by atoms with Crippen molar-refractivity contribution in [2.24, 2.45) is 5.92 Å². The van der Waals surface area contributed by atoms with E-state index in [0.29, 0.717) is 5.91 Å². The summed E-state index contributed by atoms with van der Waals surface area (Å²) in [6.45, 7) is 12.4. The number of hydrogen-bond acceptors (Lipinski definition) is 3. The summed E-state index contributed by atoms with van der Waals surface area (Å²) in [5, 5.41) is 3.27. The van der Waals surface area contributed by atoms with Gasteiger partial charge in [0, 0.05) is 38.3 Å². The van der Waals surface area contributed by atoms with Gasteiger partial charge in [0.25, 0.3) is 0 Å². The molecule has 0 aromatic rings. The number of amides is 1. The lowest BCUT2D eigenvalue weighted by Crippen LogP contribution is -2.55. The van der Waals surface area contributed by atoms with E-state index in [1.54, 1.807) is 0 Å². The first-order valence-corrected chi connectivity index (χ1v) is 6.73. The van der Waals surface area contributed by atoms with Crippen molar-refractivity contribution in [2.75, 3.05) is 39.3 Å². The second-order valence-corrected chi connectivity index (χ2v) is 6.17. The molecule has 1 amide bonds. The average molecular weight is 239 g/mol. The Hall–Kier alpha value is -0.610. The number of carbonyl (C=O) groups is 1. The van der Waals surface area contributed by atoms with E-state index in [1.807, 2.05) is 0 Å². The number of nitrogens with one attached hydrogen (secondary N) is 1. The van der Waals surface area contributed by atoms with Crippen LogP contribution in [-0.4, -0.2) is 60.5 Å². The zero-order valence-corrected chi connectivity index (χ0v) is 11.3. The van der Waals surface area contributed by atoms with Gasteiger partial charge in [0.05, 0.1) is 5.92 Å². The van der Waals surface area contributed by atoms with Crippen molar-refractivity contribution in [3.05, 3.63) is 0 Å². The van der Waals surface area contributed by atoms with Crippen molar-refractivity contribution in [1.29, 1.82) is 0 Å². The highest BCUT2D eigenvalue weighted by Gasteiger charge is 2.31. The molecule has 0 aliphatic carbocycles. The van der Waals surface area contributed by atoms with Crippen LogP contribution in [-0.2, 0) is 4.79 Å². The molecule has 0 aromatic carbocycles. The topological polar surface area (TPSA) is 35.6 Å². The lowest BCUT2D eigenvalue weighted by molar-refractivity contribution is -0.137. The molecule has 98 valence electrons. The van der Waals surface area contributed by atoms with Gasteiger partial charge in [0.15, 0.2) is 0 Å². The second-order valence-electron chi connectivity index (χ2n) is 6.17. The Morgan fingerprint density at radius 2 is 1.82 bits per heavy atom. The molecule has 2 aliphatic heterocycles. The Labute approximate surface area is 104 Å². The van der Waals surface area contributed by atoms with E-state index in [9.17, 15) is 4.79 Å². The molecule has 1 N–H and O–H groups in total. The highest BCUT2D eigenvalue weighted by Crippen LogP contribution is 2.18. The summed E-state index contributed by atoms with van der Waals surface area (Å²) in [6.07, 6.45) is 1.01. The van der Waals surface area contributed by atoms with Crippen LogP contribution in [0.4, 0.5) is 0 Å². The summed E-state index contributed by atoms with van der Waals surface area (Å²) in [7, 11) is 0. The number of nitrogens with zero attached hydrogens (tertiary/aromatic N) is 2. The third kappa shape index (κ3) is 2.99. The maximum Gasteiger partial charge on any atom is 0.227 e. The molecule has 2 rings (SSSR count). The van der Waals surface area contributed by atoms with Crippen LogP contribution >= 0.6 is 0 Å². The Morgan fingerprint density at radius 1 is 1.18 bits per heavy atom. The van der Waals surface area contributed by atoms with Gasteiger partial charge in [-0.2, -0.15) is 0 Å². The second kappa shape index (κ2) is 4.94. The van der Waals surface area contributed by atoms with Crippen molar-refractivity contribution in [1.82, 2.24) is 15.1 Å². The van der Waals surface area contributed by atoms with Gasteiger partial charge < -0.3 is 10.2 Å². The van der Waals surface area contributed by atoms with Crippen LogP contribution in [0.2, 0.25) is 0 Å². The number of piperazine rings is 1. The van der Waals surface area contributed by atoms with Gasteiger partial charge in [-0.1, -0.05) is 0 Å². The van der Waals surface area contributed by atoms with Crippen LogP contribution in [0.15, 0.2) is 0 Å². The van der Waals surface area contributed by atoms with E-state index in [0.717, 1.165) is 45.7 Å². The van der Waals surface area contributed by atoms with E-state index < -0.39 is 0 Å². The molecule has 2 saturated heterocycles. The van der Waals surface area contributed by atoms with Crippen LogP contribution < -0.4 is 5.32 Å². The molecule has 0 unspecified atom stereocenters. The first kappa shape index (κ1) is 12.8. The molecule has 0 spiro atoms. The third-order valence-corrected chi connectivity index (χ3v) is 3.95. The first-order valence-electron chi connectivity index (χ1n) is 6.73. The molecule has 2 fully saturated rings. The van der Waals surface area contributed by atoms with E-state index in [-0.39, 0.29) is 11.5 Å². The molecule has 0 radical (unpaired) electrons. The van der Waals surface area contributed by atoms with Gasteiger partial charge >= 0.3 is 0 Å². The van der Waals surface area contributed by atoms with Crippen molar-refractivity contribution in [3.63, 3.8) is 0 Å². The summed E-state index contributed by atoms with van der Waals surface area (Å²) in [5.41, 5.74) is 0.226. The maximum absolute atomic E-state index is 12.2.